The van der Waals surface area contributed by atoms with Gasteiger partial charge in [0.15, 0.2) is 0 Å². The first-order chi connectivity index (χ1) is 14.6. The van der Waals surface area contributed by atoms with E-state index in [0.29, 0.717) is 4.75 Å². The summed E-state index contributed by atoms with van der Waals surface area (Å²) in [4.78, 5) is 30.0. The van der Waals surface area contributed by atoms with Crippen LogP contribution in [-0.2, 0) is 20.9 Å². The van der Waals surface area contributed by atoms with Gasteiger partial charge in [-0.05, 0) is 26.2 Å². The maximum atomic E-state index is 12.1. The zero-order chi connectivity index (χ0) is 22.6. The number of carbonyl (C=O) groups is 2. The second-order valence-corrected chi connectivity index (χ2v) is 10.5. The summed E-state index contributed by atoms with van der Waals surface area (Å²) in [5, 5.41) is 10.5. The molecule has 0 radical (unpaired) electrons. The van der Waals surface area contributed by atoms with Crippen molar-refractivity contribution < 1.29 is 32.6 Å². The molecule has 0 bridgehead atoms. The van der Waals surface area contributed by atoms with Gasteiger partial charge in [0.1, 0.15) is 11.6 Å². The maximum Gasteiger partial charge on any atom is 0.490 e. The number of ether oxygens (including phenoxy) is 1. The number of carboxylic acids is 1. The lowest BCUT2D eigenvalue weighted by Crippen LogP contribution is -2.58. The fourth-order valence-corrected chi connectivity index (χ4v) is 6.34. The van der Waals surface area contributed by atoms with Crippen molar-refractivity contribution in [1.29, 1.82) is 0 Å². The molecule has 1 atom stereocenters. The number of aryl methyl sites for hydroxylation is 1. The number of hydrogen-bond donors (Lipinski definition) is 1. The number of thiazole rings is 1. The first-order valence-electron chi connectivity index (χ1n) is 10.0. The Kier molecular flexibility index (Phi) is 7.87. The third kappa shape index (κ3) is 6.80. The molecule has 4 rings (SSSR count). The molecule has 0 saturated carbocycles. The third-order valence-corrected chi connectivity index (χ3v) is 7.89. The van der Waals surface area contributed by atoms with Crippen molar-refractivity contribution in [2.45, 2.75) is 49.8 Å². The molecule has 1 aromatic heterocycles. The highest BCUT2D eigenvalue weighted by Crippen LogP contribution is 2.46. The monoisotopic (exact) mass is 481 g/mol. The fourth-order valence-electron chi connectivity index (χ4n) is 3.92. The molecule has 3 fully saturated rings. The third-order valence-electron chi connectivity index (χ3n) is 5.37. The number of carbonyl (C=O) groups excluding carboxylic acids is 1. The van der Waals surface area contributed by atoms with Crippen LogP contribution in [0.4, 0.5) is 13.2 Å². The summed E-state index contributed by atoms with van der Waals surface area (Å²) in [5.41, 5.74) is 1.12. The van der Waals surface area contributed by atoms with Gasteiger partial charge in [-0.1, -0.05) is 0 Å². The van der Waals surface area contributed by atoms with Crippen LogP contribution in [0.1, 0.15) is 30.0 Å². The van der Waals surface area contributed by atoms with Crippen LogP contribution in [0.15, 0.2) is 5.38 Å². The summed E-state index contributed by atoms with van der Waals surface area (Å²) in [5.74, 6) is -1.56. The SMILES string of the molecule is Cc1csc(CN2CC3(CC(OCC(=O)N4CCCC4)CS3)C2)n1.O=C(O)C(F)(F)F. The molecule has 31 heavy (non-hydrogen) atoms. The zero-order valence-corrected chi connectivity index (χ0v) is 18.8. The van der Waals surface area contributed by atoms with Crippen molar-refractivity contribution >= 4 is 35.0 Å². The molecule has 1 N–H and O–H groups in total. The Hall–Kier alpha value is -1.37. The minimum atomic E-state index is -5.08. The number of aliphatic carboxylic acids is 1. The van der Waals surface area contributed by atoms with Gasteiger partial charge in [-0.2, -0.15) is 13.2 Å². The van der Waals surface area contributed by atoms with Gasteiger partial charge in [0, 0.05) is 47.8 Å². The van der Waals surface area contributed by atoms with Crippen molar-refractivity contribution in [2.24, 2.45) is 0 Å². The van der Waals surface area contributed by atoms with Crippen molar-refractivity contribution in [1.82, 2.24) is 14.8 Å². The average molecular weight is 482 g/mol. The lowest BCUT2D eigenvalue weighted by molar-refractivity contribution is -0.192. The molecular formula is C19H26F3N3O4S2. The molecule has 3 aliphatic heterocycles. The van der Waals surface area contributed by atoms with E-state index in [1.54, 1.807) is 11.3 Å². The number of alkyl halides is 3. The largest absolute Gasteiger partial charge is 0.490 e. The summed E-state index contributed by atoms with van der Waals surface area (Å²) in [7, 11) is 0. The van der Waals surface area contributed by atoms with Gasteiger partial charge in [0.25, 0.3) is 0 Å². The second-order valence-electron chi connectivity index (χ2n) is 8.05. The van der Waals surface area contributed by atoms with E-state index in [-0.39, 0.29) is 18.6 Å². The van der Waals surface area contributed by atoms with E-state index in [0.717, 1.165) is 63.4 Å². The van der Waals surface area contributed by atoms with Crippen molar-refractivity contribution in [3.8, 4) is 0 Å². The minimum absolute atomic E-state index is 0.174. The lowest BCUT2D eigenvalue weighted by atomic mass is 9.93. The normalized spacial score (nSPS) is 22.8. The number of aromatic nitrogens is 1. The van der Waals surface area contributed by atoms with E-state index >= 15 is 0 Å². The molecule has 12 heteroatoms. The fraction of sp³-hybridized carbons (Fsp3) is 0.737. The minimum Gasteiger partial charge on any atom is -0.475 e. The summed E-state index contributed by atoms with van der Waals surface area (Å²) in [6.45, 7) is 7.36. The molecule has 4 heterocycles. The molecular weight excluding hydrogens is 455 g/mol. The zero-order valence-electron chi connectivity index (χ0n) is 17.2. The standard InChI is InChI=1S/C17H25N3O2S2.C2HF3O2/c1-13-9-23-15(18-13)7-19-11-17(12-19)6-14(10-24-17)22-8-16(21)20-4-2-3-5-20;3-2(4,5)1(6)7/h9,14H,2-8,10-12H2,1H3;(H,6,7). The van der Waals surface area contributed by atoms with Crippen LogP contribution >= 0.6 is 23.1 Å². The first-order valence-corrected chi connectivity index (χ1v) is 11.9. The summed E-state index contributed by atoms with van der Waals surface area (Å²) >= 11 is 3.79. The molecule has 1 spiro atoms. The van der Waals surface area contributed by atoms with Gasteiger partial charge in [0.2, 0.25) is 5.91 Å². The van der Waals surface area contributed by atoms with E-state index in [1.807, 2.05) is 16.7 Å². The van der Waals surface area contributed by atoms with Crippen LogP contribution < -0.4 is 0 Å². The number of thioether (sulfide) groups is 1. The first kappa shape index (κ1) is 24.3. The number of amides is 1. The molecule has 3 aliphatic rings. The van der Waals surface area contributed by atoms with Crippen molar-refractivity contribution in [3.63, 3.8) is 0 Å². The maximum absolute atomic E-state index is 12.1. The van der Waals surface area contributed by atoms with Crippen molar-refractivity contribution in [3.05, 3.63) is 16.1 Å². The van der Waals surface area contributed by atoms with Crippen LogP contribution in [-0.4, -0.2) is 87.3 Å². The number of halogens is 3. The lowest BCUT2D eigenvalue weighted by Gasteiger charge is -2.47. The molecule has 3 saturated heterocycles. The van der Waals surface area contributed by atoms with E-state index < -0.39 is 12.1 Å². The second kappa shape index (κ2) is 10.1. The molecule has 0 aromatic carbocycles. The van der Waals surface area contributed by atoms with E-state index in [2.05, 4.69) is 22.2 Å². The Bertz CT molecular complexity index is 778. The highest BCUT2D eigenvalue weighted by Gasteiger charge is 2.49. The van der Waals surface area contributed by atoms with Gasteiger partial charge >= 0.3 is 12.1 Å². The molecule has 7 nitrogen and oxygen atoms in total. The summed E-state index contributed by atoms with van der Waals surface area (Å²) in [6, 6.07) is 0. The Labute approximate surface area is 186 Å². The Balaban J connectivity index is 0.000000339. The van der Waals surface area contributed by atoms with Gasteiger partial charge in [0.05, 0.1) is 12.6 Å². The van der Waals surface area contributed by atoms with E-state index in [4.69, 9.17) is 14.6 Å². The molecule has 0 aliphatic carbocycles. The predicted molar refractivity (Wildman–Crippen MR) is 111 cm³/mol. The number of rotatable bonds is 5. The van der Waals surface area contributed by atoms with Gasteiger partial charge < -0.3 is 14.7 Å². The summed E-state index contributed by atoms with van der Waals surface area (Å²) < 4.78 is 38.0. The highest BCUT2D eigenvalue weighted by molar-refractivity contribution is 8.01. The number of nitrogens with zero attached hydrogens (tertiary/aromatic N) is 3. The number of carboxylic acid groups (broad SMARTS) is 1. The smallest absolute Gasteiger partial charge is 0.475 e. The van der Waals surface area contributed by atoms with E-state index in [1.165, 1.54) is 5.01 Å². The van der Waals surface area contributed by atoms with Crippen LogP contribution in [0.3, 0.4) is 0 Å². The number of likely N-dealkylation sites (tertiary alicyclic amines) is 2. The van der Waals surface area contributed by atoms with Gasteiger partial charge in [-0.25, -0.2) is 9.78 Å². The van der Waals surface area contributed by atoms with Crippen LogP contribution in [0, 0.1) is 6.92 Å². The highest BCUT2D eigenvalue weighted by atomic mass is 32.2. The van der Waals surface area contributed by atoms with Gasteiger partial charge in [-0.15, -0.1) is 23.1 Å². The molecule has 1 amide bonds. The number of hydrogen-bond acceptors (Lipinski definition) is 7. The Morgan fingerprint density at radius 2 is 1.97 bits per heavy atom. The Morgan fingerprint density at radius 1 is 1.32 bits per heavy atom. The van der Waals surface area contributed by atoms with Crippen molar-refractivity contribution in [2.75, 3.05) is 38.5 Å². The average Bonchev–Trinajstić information content (AvgIpc) is 3.40. The Morgan fingerprint density at radius 3 is 2.52 bits per heavy atom. The molecule has 1 aromatic rings. The van der Waals surface area contributed by atoms with Gasteiger partial charge in [-0.3, -0.25) is 9.69 Å². The molecule has 1 unspecified atom stereocenters. The summed E-state index contributed by atoms with van der Waals surface area (Å²) in [6.07, 6.45) is -1.48. The predicted octanol–water partition coefficient (Wildman–Crippen LogP) is 2.78. The quantitative estimate of drug-likeness (QED) is 0.693. The van der Waals surface area contributed by atoms with Crippen LogP contribution in [0.25, 0.3) is 0 Å². The van der Waals surface area contributed by atoms with E-state index in [9.17, 15) is 18.0 Å². The molecule has 174 valence electrons. The topological polar surface area (TPSA) is 83.0 Å². The van der Waals surface area contributed by atoms with Crippen LogP contribution in [0.2, 0.25) is 0 Å². The van der Waals surface area contributed by atoms with Crippen LogP contribution in [0.5, 0.6) is 0 Å².